The van der Waals surface area contributed by atoms with Crippen LogP contribution >= 0.6 is 0 Å². The van der Waals surface area contributed by atoms with Crippen molar-refractivity contribution in [2.24, 2.45) is 16.7 Å². The highest BCUT2D eigenvalue weighted by atomic mass is 14.9. The van der Waals surface area contributed by atoms with Gasteiger partial charge in [0.2, 0.25) is 0 Å². The van der Waals surface area contributed by atoms with Gasteiger partial charge in [0.1, 0.15) is 0 Å². The van der Waals surface area contributed by atoms with Crippen LogP contribution in [0.15, 0.2) is 35.7 Å². The Bertz CT molecular complexity index is 383. The molecule has 1 aliphatic rings. The average Bonchev–Trinajstić information content (AvgIpc) is 2.17. The molecule has 0 radical (unpaired) electrons. The fourth-order valence-corrected chi connectivity index (χ4v) is 1.97. The second kappa shape index (κ2) is 4.95. The lowest BCUT2D eigenvalue weighted by atomic mass is 9.75. The second-order valence-corrected chi connectivity index (χ2v) is 7.53. The van der Waals surface area contributed by atoms with Crippen molar-refractivity contribution < 1.29 is 0 Å². The predicted octanol–water partition coefficient (Wildman–Crippen LogP) is 5.03. The Hall–Kier alpha value is -0.980. The smallest absolute Gasteiger partial charge is 0.0368 e. The van der Waals surface area contributed by atoms with Crippen LogP contribution < -0.4 is 5.32 Å². The van der Waals surface area contributed by atoms with Crippen LogP contribution in [0.1, 0.15) is 54.9 Å². The van der Waals surface area contributed by atoms with Crippen LogP contribution in [0, 0.1) is 16.7 Å². The first-order chi connectivity index (χ1) is 8.01. The van der Waals surface area contributed by atoms with Gasteiger partial charge in [-0.1, -0.05) is 60.3 Å². The van der Waals surface area contributed by atoms with Crippen molar-refractivity contribution in [3.05, 3.63) is 35.7 Å². The first-order valence-electron chi connectivity index (χ1n) is 6.87. The summed E-state index contributed by atoms with van der Waals surface area (Å²) in [5, 5.41) is 3.48. The molecule has 0 aromatic carbocycles. The molecule has 0 aromatic rings. The first kappa shape index (κ1) is 15.1. The summed E-state index contributed by atoms with van der Waals surface area (Å²) in [6, 6.07) is 0. The standard InChI is InChI=1S/C17H29N/c1-12-11-14(17(6,7)8)9-10-15(12)18-13(2)16(3,4)5/h10-11,14,18H,2,9H2,1,3-8H3. The summed E-state index contributed by atoms with van der Waals surface area (Å²) in [5.74, 6) is 0.631. The number of hydrogen-bond donors (Lipinski definition) is 1. The topological polar surface area (TPSA) is 12.0 Å². The minimum Gasteiger partial charge on any atom is -0.359 e. The highest BCUT2D eigenvalue weighted by Gasteiger charge is 2.25. The maximum atomic E-state index is 4.14. The van der Waals surface area contributed by atoms with Crippen LogP contribution in [-0.4, -0.2) is 0 Å². The summed E-state index contributed by atoms with van der Waals surface area (Å²) in [5.41, 5.74) is 4.09. The largest absolute Gasteiger partial charge is 0.359 e. The lowest BCUT2D eigenvalue weighted by molar-refractivity contribution is 0.291. The Kier molecular flexibility index (Phi) is 4.15. The average molecular weight is 247 g/mol. The van der Waals surface area contributed by atoms with E-state index in [9.17, 15) is 0 Å². The van der Waals surface area contributed by atoms with Crippen molar-refractivity contribution in [1.29, 1.82) is 0 Å². The SMILES string of the molecule is C=C(NC1=CCC(C(C)(C)C)C=C1C)C(C)(C)C. The zero-order chi connectivity index (χ0) is 14.1. The van der Waals surface area contributed by atoms with Gasteiger partial charge in [0, 0.05) is 16.8 Å². The molecule has 1 rings (SSSR count). The molecule has 1 atom stereocenters. The van der Waals surface area contributed by atoms with Crippen molar-refractivity contribution >= 4 is 0 Å². The van der Waals surface area contributed by atoms with Crippen LogP contribution in [0.5, 0.6) is 0 Å². The third-order valence-electron chi connectivity index (χ3n) is 3.76. The number of hydrogen-bond acceptors (Lipinski definition) is 1. The van der Waals surface area contributed by atoms with E-state index in [-0.39, 0.29) is 5.41 Å². The third kappa shape index (κ3) is 3.76. The van der Waals surface area contributed by atoms with Gasteiger partial charge in [0.25, 0.3) is 0 Å². The molecule has 1 N–H and O–H groups in total. The highest BCUT2D eigenvalue weighted by molar-refractivity contribution is 5.35. The Balaban J connectivity index is 2.77. The van der Waals surface area contributed by atoms with Gasteiger partial charge in [-0.15, -0.1) is 0 Å². The molecule has 102 valence electrons. The fraction of sp³-hybridized carbons (Fsp3) is 0.647. The normalized spacial score (nSPS) is 21.2. The summed E-state index contributed by atoms with van der Waals surface area (Å²) in [4.78, 5) is 0. The summed E-state index contributed by atoms with van der Waals surface area (Å²) < 4.78 is 0. The van der Waals surface area contributed by atoms with E-state index >= 15 is 0 Å². The van der Waals surface area contributed by atoms with E-state index in [0.717, 1.165) is 12.1 Å². The summed E-state index contributed by atoms with van der Waals surface area (Å²) in [6.07, 6.45) is 5.83. The van der Waals surface area contributed by atoms with E-state index in [4.69, 9.17) is 0 Å². The summed E-state index contributed by atoms with van der Waals surface area (Å²) in [6.45, 7) is 19.8. The maximum absolute atomic E-state index is 4.14. The second-order valence-electron chi connectivity index (χ2n) is 7.53. The Morgan fingerprint density at radius 3 is 2.17 bits per heavy atom. The van der Waals surface area contributed by atoms with Gasteiger partial charge in [-0.25, -0.2) is 0 Å². The van der Waals surface area contributed by atoms with Crippen molar-refractivity contribution in [2.75, 3.05) is 0 Å². The van der Waals surface area contributed by atoms with Gasteiger partial charge < -0.3 is 5.32 Å². The lowest BCUT2D eigenvalue weighted by Gasteiger charge is -2.32. The van der Waals surface area contributed by atoms with Crippen LogP contribution in [-0.2, 0) is 0 Å². The molecule has 0 bridgehead atoms. The van der Waals surface area contributed by atoms with Crippen LogP contribution in [0.2, 0.25) is 0 Å². The molecular weight excluding hydrogens is 218 g/mol. The summed E-state index contributed by atoms with van der Waals surface area (Å²) >= 11 is 0. The molecule has 18 heavy (non-hydrogen) atoms. The minimum atomic E-state index is 0.0992. The molecule has 0 amide bonds. The highest BCUT2D eigenvalue weighted by Crippen LogP contribution is 2.35. The van der Waals surface area contributed by atoms with Crippen LogP contribution in [0.25, 0.3) is 0 Å². The van der Waals surface area contributed by atoms with E-state index in [2.05, 4.69) is 72.5 Å². The zero-order valence-corrected chi connectivity index (χ0v) is 13.1. The van der Waals surface area contributed by atoms with E-state index in [1.54, 1.807) is 0 Å². The quantitative estimate of drug-likeness (QED) is 0.721. The zero-order valence-electron chi connectivity index (χ0n) is 13.1. The molecular formula is C17H29N. The number of nitrogens with one attached hydrogen (secondary N) is 1. The lowest BCUT2D eigenvalue weighted by Crippen LogP contribution is -2.27. The van der Waals surface area contributed by atoms with E-state index < -0.39 is 0 Å². The monoisotopic (exact) mass is 247 g/mol. The molecule has 1 unspecified atom stereocenters. The molecule has 0 saturated heterocycles. The maximum Gasteiger partial charge on any atom is 0.0368 e. The van der Waals surface area contributed by atoms with Gasteiger partial charge >= 0.3 is 0 Å². The minimum absolute atomic E-state index is 0.0992. The van der Waals surface area contributed by atoms with Gasteiger partial charge in [0.15, 0.2) is 0 Å². The summed E-state index contributed by atoms with van der Waals surface area (Å²) in [7, 11) is 0. The molecule has 0 aromatic heterocycles. The van der Waals surface area contributed by atoms with Crippen molar-refractivity contribution in [3.8, 4) is 0 Å². The Morgan fingerprint density at radius 1 is 1.22 bits per heavy atom. The Morgan fingerprint density at radius 2 is 1.78 bits per heavy atom. The van der Waals surface area contributed by atoms with Crippen LogP contribution in [0.3, 0.4) is 0 Å². The third-order valence-corrected chi connectivity index (χ3v) is 3.76. The molecule has 0 heterocycles. The first-order valence-corrected chi connectivity index (χ1v) is 6.87. The van der Waals surface area contributed by atoms with Gasteiger partial charge in [0.05, 0.1) is 0 Å². The van der Waals surface area contributed by atoms with Crippen molar-refractivity contribution in [2.45, 2.75) is 54.9 Å². The van der Waals surface area contributed by atoms with Crippen molar-refractivity contribution in [1.82, 2.24) is 5.32 Å². The van der Waals surface area contributed by atoms with Gasteiger partial charge in [-0.2, -0.15) is 0 Å². The van der Waals surface area contributed by atoms with Gasteiger partial charge in [-0.3, -0.25) is 0 Å². The number of allylic oxidation sites excluding steroid dienone is 4. The number of rotatable bonds is 2. The molecule has 0 spiro atoms. The fourth-order valence-electron chi connectivity index (χ4n) is 1.97. The van der Waals surface area contributed by atoms with E-state index in [0.29, 0.717) is 11.3 Å². The molecule has 1 nitrogen and oxygen atoms in total. The van der Waals surface area contributed by atoms with Crippen LogP contribution in [0.4, 0.5) is 0 Å². The van der Waals surface area contributed by atoms with E-state index in [1.807, 2.05) is 0 Å². The Labute approximate surface area is 113 Å². The molecule has 1 heteroatoms. The van der Waals surface area contributed by atoms with E-state index in [1.165, 1.54) is 11.3 Å². The predicted molar refractivity (Wildman–Crippen MR) is 81.1 cm³/mol. The van der Waals surface area contributed by atoms with Crippen molar-refractivity contribution in [3.63, 3.8) is 0 Å². The molecule has 0 aliphatic heterocycles. The molecule has 0 saturated carbocycles. The molecule has 1 aliphatic carbocycles. The van der Waals surface area contributed by atoms with Gasteiger partial charge in [-0.05, 0) is 30.3 Å². The molecule has 0 fully saturated rings.